The van der Waals surface area contributed by atoms with Crippen LogP contribution < -0.4 is 10.5 Å². The van der Waals surface area contributed by atoms with Crippen LogP contribution in [-0.4, -0.2) is 38.2 Å². The van der Waals surface area contributed by atoms with E-state index in [1.54, 1.807) is 7.11 Å². The van der Waals surface area contributed by atoms with Crippen molar-refractivity contribution in [2.75, 3.05) is 27.2 Å². The molecule has 1 atom stereocenters. The number of hydrogen-bond acceptors (Lipinski definition) is 3. The number of ether oxygens (including phenoxy) is 1. The molecule has 19 heavy (non-hydrogen) atoms. The fraction of sp³-hybridized carbons (Fsp3) is 0.625. The van der Waals surface area contributed by atoms with Crippen molar-refractivity contribution in [3.63, 3.8) is 0 Å². The highest BCUT2D eigenvalue weighted by Crippen LogP contribution is 2.20. The van der Waals surface area contributed by atoms with E-state index in [1.165, 1.54) is 11.1 Å². The van der Waals surface area contributed by atoms with E-state index in [4.69, 9.17) is 10.5 Å². The second kappa shape index (κ2) is 8.18. The Morgan fingerprint density at radius 2 is 2.05 bits per heavy atom. The van der Waals surface area contributed by atoms with Crippen LogP contribution in [-0.2, 0) is 12.8 Å². The second-order valence-electron chi connectivity index (χ2n) is 5.32. The molecule has 0 fully saturated rings. The van der Waals surface area contributed by atoms with Gasteiger partial charge < -0.3 is 15.4 Å². The minimum atomic E-state index is 0.287. The van der Waals surface area contributed by atoms with Crippen LogP contribution in [0.1, 0.15) is 31.4 Å². The summed E-state index contributed by atoms with van der Waals surface area (Å²) in [6.45, 7) is 6.36. The molecule has 3 heteroatoms. The van der Waals surface area contributed by atoms with Crippen molar-refractivity contribution in [1.82, 2.24) is 4.90 Å². The molecule has 0 radical (unpaired) electrons. The van der Waals surface area contributed by atoms with Crippen LogP contribution in [0.3, 0.4) is 0 Å². The quantitative estimate of drug-likeness (QED) is 0.784. The molecule has 2 N–H and O–H groups in total. The minimum absolute atomic E-state index is 0.287. The molecule has 1 aromatic rings. The molecule has 0 aromatic heterocycles. The van der Waals surface area contributed by atoms with Gasteiger partial charge in [-0.25, -0.2) is 0 Å². The zero-order chi connectivity index (χ0) is 14.3. The molecule has 0 amide bonds. The number of nitrogens with two attached hydrogens (primary N) is 1. The maximum absolute atomic E-state index is 5.78. The van der Waals surface area contributed by atoms with Gasteiger partial charge in [0.2, 0.25) is 0 Å². The lowest BCUT2D eigenvalue weighted by molar-refractivity contribution is 0.324. The van der Waals surface area contributed by atoms with Crippen molar-refractivity contribution in [1.29, 1.82) is 0 Å². The number of nitrogens with zero attached hydrogens (tertiary/aromatic N) is 1. The first-order valence-corrected chi connectivity index (χ1v) is 7.16. The summed E-state index contributed by atoms with van der Waals surface area (Å²) in [7, 11) is 3.89. The highest BCUT2D eigenvalue weighted by atomic mass is 16.5. The van der Waals surface area contributed by atoms with Crippen molar-refractivity contribution in [3.05, 3.63) is 29.3 Å². The summed E-state index contributed by atoms with van der Waals surface area (Å²) >= 11 is 0. The van der Waals surface area contributed by atoms with Gasteiger partial charge in [-0.15, -0.1) is 0 Å². The Kier molecular flexibility index (Phi) is 6.89. The van der Waals surface area contributed by atoms with Gasteiger partial charge in [-0.3, -0.25) is 0 Å². The van der Waals surface area contributed by atoms with Crippen molar-refractivity contribution in [2.45, 2.75) is 39.2 Å². The molecule has 0 aliphatic heterocycles. The van der Waals surface area contributed by atoms with Gasteiger partial charge in [-0.05, 0) is 57.0 Å². The number of aryl methyl sites for hydroxylation is 1. The van der Waals surface area contributed by atoms with Crippen LogP contribution in [0.15, 0.2) is 18.2 Å². The fourth-order valence-corrected chi connectivity index (χ4v) is 2.12. The third-order valence-corrected chi connectivity index (χ3v) is 3.47. The zero-order valence-corrected chi connectivity index (χ0v) is 12.8. The van der Waals surface area contributed by atoms with Crippen LogP contribution >= 0.6 is 0 Å². The number of rotatable bonds is 8. The van der Waals surface area contributed by atoms with E-state index in [0.717, 1.165) is 38.1 Å². The fourth-order valence-electron chi connectivity index (χ4n) is 2.12. The number of hydrogen-bond donors (Lipinski definition) is 1. The average molecular weight is 264 g/mol. The Balaban J connectivity index is 2.49. The van der Waals surface area contributed by atoms with E-state index in [2.05, 4.69) is 44.0 Å². The molecule has 1 aromatic carbocycles. The Bertz CT molecular complexity index is 377. The minimum Gasteiger partial charge on any atom is -0.496 e. The number of benzene rings is 1. The summed E-state index contributed by atoms with van der Waals surface area (Å²) in [5.41, 5.74) is 8.45. The SMILES string of the molecule is CCc1cc(CCN(C)CCC(C)N)ccc1OC. The summed E-state index contributed by atoms with van der Waals surface area (Å²) in [4.78, 5) is 2.35. The first-order valence-electron chi connectivity index (χ1n) is 7.16. The molecular formula is C16H28N2O. The van der Waals surface area contributed by atoms with E-state index in [1.807, 2.05) is 0 Å². The predicted octanol–water partition coefficient (Wildman–Crippen LogP) is 2.47. The summed E-state index contributed by atoms with van der Waals surface area (Å²) in [6.07, 6.45) is 3.14. The zero-order valence-electron chi connectivity index (χ0n) is 12.8. The molecule has 0 saturated heterocycles. The Morgan fingerprint density at radius 1 is 1.32 bits per heavy atom. The maximum Gasteiger partial charge on any atom is 0.122 e. The summed E-state index contributed by atoms with van der Waals surface area (Å²) < 4.78 is 5.36. The van der Waals surface area contributed by atoms with Gasteiger partial charge in [0, 0.05) is 12.6 Å². The van der Waals surface area contributed by atoms with Gasteiger partial charge in [0.25, 0.3) is 0 Å². The van der Waals surface area contributed by atoms with Crippen LogP contribution in [0.2, 0.25) is 0 Å². The molecule has 108 valence electrons. The van der Waals surface area contributed by atoms with Crippen molar-refractivity contribution in [3.8, 4) is 5.75 Å². The summed E-state index contributed by atoms with van der Waals surface area (Å²) in [5, 5.41) is 0. The van der Waals surface area contributed by atoms with Gasteiger partial charge in [0.15, 0.2) is 0 Å². The van der Waals surface area contributed by atoms with Crippen LogP contribution in [0.4, 0.5) is 0 Å². The molecule has 0 aliphatic rings. The normalized spacial score (nSPS) is 12.7. The Labute approximate surface area is 117 Å². The smallest absolute Gasteiger partial charge is 0.122 e. The lowest BCUT2D eigenvalue weighted by Gasteiger charge is -2.18. The highest BCUT2D eigenvalue weighted by Gasteiger charge is 2.05. The van der Waals surface area contributed by atoms with Gasteiger partial charge in [0.05, 0.1) is 7.11 Å². The molecule has 0 saturated carbocycles. The molecule has 0 spiro atoms. The van der Waals surface area contributed by atoms with Gasteiger partial charge >= 0.3 is 0 Å². The predicted molar refractivity (Wildman–Crippen MR) is 81.8 cm³/mol. The van der Waals surface area contributed by atoms with Gasteiger partial charge in [-0.2, -0.15) is 0 Å². The second-order valence-corrected chi connectivity index (χ2v) is 5.32. The third kappa shape index (κ3) is 5.62. The Hall–Kier alpha value is -1.06. The van der Waals surface area contributed by atoms with Crippen LogP contribution in [0.5, 0.6) is 5.75 Å². The van der Waals surface area contributed by atoms with Crippen LogP contribution in [0.25, 0.3) is 0 Å². The van der Waals surface area contributed by atoms with E-state index in [-0.39, 0.29) is 6.04 Å². The van der Waals surface area contributed by atoms with E-state index >= 15 is 0 Å². The molecule has 0 bridgehead atoms. The first-order chi connectivity index (χ1) is 9.06. The Morgan fingerprint density at radius 3 is 2.63 bits per heavy atom. The number of methoxy groups -OCH3 is 1. The number of likely N-dealkylation sites (N-methyl/N-ethyl adjacent to an activating group) is 1. The molecule has 1 unspecified atom stereocenters. The molecular weight excluding hydrogens is 236 g/mol. The van der Waals surface area contributed by atoms with Gasteiger partial charge in [0.1, 0.15) is 5.75 Å². The van der Waals surface area contributed by atoms with Crippen molar-refractivity contribution >= 4 is 0 Å². The molecule has 3 nitrogen and oxygen atoms in total. The average Bonchev–Trinajstić information content (AvgIpc) is 2.42. The summed E-state index contributed by atoms with van der Waals surface area (Å²) in [6, 6.07) is 6.79. The van der Waals surface area contributed by atoms with E-state index in [0.29, 0.717) is 0 Å². The topological polar surface area (TPSA) is 38.5 Å². The van der Waals surface area contributed by atoms with E-state index < -0.39 is 0 Å². The first kappa shape index (κ1) is 16.0. The lowest BCUT2D eigenvalue weighted by atomic mass is 10.0. The van der Waals surface area contributed by atoms with Crippen molar-refractivity contribution < 1.29 is 4.74 Å². The van der Waals surface area contributed by atoms with Crippen LogP contribution in [0, 0.1) is 0 Å². The third-order valence-electron chi connectivity index (χ3n) is 3.47. The molecule has 0 heterocycles. The van der Waals surface area contributed by atoms with Gasteiger partial charge in [-0.1, -0.05) is 19.1 Å². The largest absolute Gasteiger partial charge is 0.496 e. The van der Waals surface area contributed by atoms with Crippen molar-refractivity contribution in [2.24, 2.45) is 5.73 Å². The van der Waals surface area contributed by atoms with E-state index in [9.17, 15) is 0 Å². The lowest BCUT2D eigenvalue weighted by Crippen LogP contribution is -2.27. The maximum atomic E-state index is 5.78. The monoisotopic (exact) mass is 264 g/mol. The summed E-state index contributed by atoms with van der Waals surface area (Å²) in [5.74, 6) is 0.997. The molecule has 0 aliphatic carbocycles. The highest BCUT2D eigenvalue weighted by molar-refractivity contribution is 5.37. The molecule has 1 rings (SSSR count). The standard InChI is InChI=1S/C16H28N2O/c1-5-15-12-14(6-7-16(15)19-4)9-11-18(3)10-8-13(2)17/h6-7,12-13H,5,8-11,17H2,1-4H3.